The van der Waals surface area contributed by atoms with Crippen LogP contribution in [0.15, 0.2) is 30.8 Å². The van der Waals surface area contributed by atoms with Crippen LogP contribution in [0.1, 0.15) is 47.1 Å². The van der Waals surface area contributed by atoms with Gasteiger partial charge in [-0.15, -0.1) is 0 Å². The van der Waals surface area contributed by atoms with Gasteiger partial charge in [-0.25, -0.2) is 0 Å². The van der Waals surface area contributed by atoms with Gasteiger partial charge in [0, 0.05) is 23.5 Å². The second-order valence-electron chi connectivity index (χ2n) is 5.88. The van der Waals surface area contributed by atoms with Crippen molar-refractivity contribution in [3.05, 3.63) is 36.4 Å². The molecule has 1 aromatic carbocycles. The molecule has 21 heavy (non-hydrogen) atoms. The molecule has 0 unspecified atom stereocenters. The Kier molecular flexibility index (Phi) is 6.81. The maximum absolute atomic E-state index is 6.19. The lowest BCUT2D eigenvalue weighted by Gasteiger charge is -2.34. The van der Waals surface area contributed by atoms with Crippen molar-refractivity contribution in [1.82, 2.24) is 0 Å². The maximum atomic E-state index is 6.19. The number of benzene rings is 1. The number of hydrogen-bond acceptors (Lipinski definition) is 3. The molecule has 0 aromatic heterocycles. The molecule has 0 aliphatic carbocycles. The molecule has 0 amide bonds. The average Bonchev–Trinajstić information content (AvgIpc) is 2.36. The van der Waals surface area contributed by atoms with Gasteiger partial charge in [0.15, 0.2) is 0 Å². The highest BCUT2D eigenvalue weighted by atomic mass is 28.4. The quantitative estimate of drug-likeness (QED) is 0.685. The van der Waals surface area contributed by atoms with Crippen molar-refractivity contribution in [3.63, 3.8) is 0 Å². The Morgan fingerprint density at radius 3 is 1.48 bits per heavy atom. The lowest BCUT2D eigenvalue weighted by atomic mass is 10.2. The van der Waals surface area contributed by atoms with E-state index in [0.717, 1.165) is 10.8 Å². The topological polar surface area (TPSA) is 27.7 Å². The first-order chi connectivity index (χ1) is 9.79. The molecule has 0 radical (unpaired) electrons. The minimum atomic E-state index is -2.93. The molecule has 0 atom stereocenters. The van der Waals surface area contributed by atoms with Gasteiger partial charge in [-0.05, 0) is 47.1 Å². The normalized spacial score (nSPS) is 12.4. The molecule has 3 nitrogen and oxygen atoms in total. The van der Waals surface area contributed by atoms with Crippen molar-refractivity contribution >= 4 is 20.1 Å². The van der Waals surface area contributed by atoms with Crippen LogP contribution in [0, 0.1) is 0 Å². The van der Waals surface area contributed by atoms with E-state index in [2.05, 4.69) is 6.58 Å². The standard InChI is InChI=1S/C17H28O3Si/c1-8-16-9-11-17(12-10-16)21(18-13(2)3,19-14(4)5)20-15(6)7/h8-15H,1H2,2-7H3. The van der Waals surface area contributed by atoms with Crippen molar-refractivity contribution in [1.29, 1.82) is 0 Å². The van der Waals surface area contributed by atoms with Gasteiger partial charge in [-0.1, -0.05) is 36.9 Å². The molecule has 0 spiro atoms. The third-order valence-corrected chi connectivity index (χ3v) is 6.06. The zero-order valence-corrected chi connectivity index (χ0v) is 15.1. The zero-order chi connectivity index (χ0) is 16.0. The summed E-state index contributed by atoms with van der Waals surface area (Å²) in [6.45, 7) is 15.8. The minimum Gasteiger partial charge on any atom is -0.367 e. The first-order valence-electron chi connectivity index (χ1n) is 7.55. The third-order valence-electron chi connectivity index (χ3n) is 2.67. The van der Waals surface area contributed by atoms with E-state index in [-0.39, 0.29) is 18.3 Å². The Morgan fingerprint density at radius 2 is 1.19 bits per heavy atom. The Hall–Kier alpha value is -0.943. The molecule has 4 heteroatoms. The number of hydrogen-bond donors (Lipinski definition) is 0. The predicted molar refractivity (Wildman–Crippen MR) is 90.6 cm³/mol. The minimum absolute atomic E-state index is 0.0354. The second-order valence-corrected chi connectivity index (χ2v) is 8.28. The molecule has 0 N–H and O–H groups in total. The van der Waals surface area contributed by atoms with Gasteiger partial charge in [0.2, 0.25) is 0 Å². The van der Waals surface area contributed by atoms with Gasteiger partial charge in [0.1, 0.15) is 0 Å². The summed E-state index contributed by atoms with van der Waals surface area (Å²) in [6.07, 6.45) is 1.93. The van der Waals surface area contributed by atoms with E-state index < -0.39 is 8.80 Å². The van der Waals surface area contributed by atoms with Gasteiger partial charge < -0.3 is 13.3 Å². The van der Waals surface area contributed by atoms with E-state index in [4.69, 9.17) is 13.3 Å². The zero-order valence-electron chi connectivity index (χ0n) is 14.1. The van der Waals surface area contributed by atoms with E-state index in [1.54, 1.807) is 0 Å². The van der Waals surface area contributed by atoms with Crippen LogP contribution in [-0.2, 0) is 13.3 Å². The molecule has 0 bridgehead atoms. The Balaban J connectivity index is 3.25. The van der Waals surface area contributed by atoms with Crippen molar-refractivity contribution < 1.29 is 13.3 Å². The Labute approximate surface area is 130 Å². The first kappa shape index (κ1) is 18.1. The van der Waals surface area contributed by atoms with Gasteiger partial charge >= 0.3 is 8.80 Å². The van der Waals surface area contributed by atoms with Crippen molar-refractivity contribution in [3.8, 4) is 0 Å². The smallest absolute Gasteiger partial charge is 0.367 e. The van der Waals surface area contributed by atoms with Crippen molar-refractivity contribution in [2.45, 2.75) is 59.9 Å². The Bertz CT molecular complexity index is 411. The van der Waals surface area contributed by atoms with Gasteiger partial charge in [-0.2, -0.15) is 0 Å². The maximum Gasteiger partial charge on any atom is 0.537 e. The van der Waals surface area contributed by atoms with E-state index in [0.29, 0.717) is 0 Å². The van der Waals surface area contributed by atoms with E-state index in [1.165, 1.54) is 0 Å². The predicted octanol–water partition coefficient (Wildman–Crippen LogP) is 3.75. The molecule has 1 rings (SSSR count). The molecule has 1 aromatic rings. The van der Waals surface area contributed by atoms with Gasteiger partial charge in [-0.3, -0.25) is 0 Å². The first-order valence-corrected chi connectivity index (χ1v) is 9.28. The molecule has 0 saturated heterocycles. The summed E-state index contributed by atoms with van der Waals surface area (Å²) in [5, 5.41) is 0.990. The van der Waals surface area contributed by atoms with Crippen molar-refractivity contribution in [2.24, 2.45) is 0 Å². The molecule has 0 aliphatic rings. The van der Waals surface area contributed by atoms with Crippen LogP contribution in [0.2, 0.25) is 0 Å². The summed E-state index contributed by atoms with van der Waals surface area (Å²) in [7, 11) is -2.93. The number of rotatable bonds is 8. The summed E-state index contributed by atoms with van der Waals surface area (Å²) in [5.41, 5.74) is 1.07. The van der Waals surface area contributed by atoms with Crippen LogP contribution in [0.4, 0.5) is 0 Å². The summed E-state index contributed by atoms with van der Waals surface area (Å²) in [4.78, 5) is 0. The molecule has 0 saturated carbocycles. The third kappa shape index (κ3) is 5.40. The molecule has 0 heterocycles. The molecular weight excluding hydrogens is 280 g/mol. The van der Waals surface area contributed by atoms with Crippen LogP contribution in [0.3, 0.4) is 0 Å². The van der Waals surface area contributed by atoms with Crippen LogP contribution in [0.25, 0.3) is 6.08 Å². The Morgan fingerprint density at radius 1 is 0.810 bits per heavy atom. The molecule has 0 aliphatic heterocycles. The molecular formula is C17H28O3Si. The van der Waals surface area contributed by atoms with Crippen LogP contribution in [0.5, 0.6) is 0 Å². The highest BCUT2D eigenvalue weighted by molar-refractivity contribution is 6.75. The van der Waals surface area contributed by atoms with E-state index in [9.17, 15) is 0 Å². The average molecular weight is 308 g/mol. The molecule has 118 valence electrons. The molecule has 0 fully saturated rings. The van der Waals surface area contributed by atoms with Crippen LogP contribution >= 0.6 is 0 Å². The van der Waals surface area contributed by atoms with Gasteiger partial charge in [0.05, 0.1) is 0 Å². The van der Waals surface area contributed by atoms with E-state index >= 15 is 0 Å². The largest absolute Gasteiger partial charge is 0.537 e. The fourth-order valence-electron chi connectivity index (χ4n) is 2.04. The lowest BCUT2D eigenvalue weighted by molar-refractivity contribution is 0.0153. The summed E-state index contributed by atoms with van der Waals surface area (Å²) >= 11 is 0. The summed E-state index contributed by atoms with van der Waals surface area (Å²) in [6, 6.07) is 8.08. The van der Waals surface area contributed by atoms with Crippen molar-refractivity contribution in [2.75, 3.05) is 0 Å². The highest BCUT2D eigenvalue weighted by Crippen LogP contribution is 2.18. The fourth-order valence-corrected chi connectivity index (χ4v) is 5.05. The monoisotopic (exact) mass is 308 g/mol. The SMILES string of the molecule is C=Cc1ccc([Si](OC(C)C)(OC(C)C)OC(C)C)cc1. The lowest BCUT2D eigenvalue weighted by Crippen LogP contribution is -2.60. The van der Waals surface area contributed by atoms with Crippen LogP contribution < -0.4 is 5.19 Å². The fraction of sp³-hybridized carbons (Fsp3) is 0.529. The second kappa shape index (κ2) is 7.89. The highest BCUT2D eigenvalue weighted by Gasteiger charge is 2.46. The van der Waals surface area contributed by atoms with Crippen LogP contribution in [-0.4, -0.2) is 27.1 Å². The summed E-state index contributed by atoms with van der Waals surface area (Å²) in [5.74, 6) is 0. The van der Waals surface area contributed by atoms with E-state index in [1.807, 2.05) is 71.9 Å². The summed E-state index contributed by atoms with van der Waals surface area (Å²) < 4.78 is 18.6. The van der Waals surface area contributed by atoms with Gasteiger partial charge in [0.25, 0.3) is 0 Å².